The van der Waals surface area contributed by atoms with Gasteiger partial charge in [0.25, 0.3) is 5.56 Å². The van der Waals surface area contributed by atoms with Crippen LogP contribution >= 0.6 is 0 Å². The molecule has 1 aliphatic heterocycles. The normalized spacial score (nSPS) is 17.6. The number of aromatic nitrogens is 1. The number of hydrogen-bond acceptors (Lipinski definition) is 4. The van der Waals surface area contributed by atoms with Crippen molar-refractivity contribution in [2.45, 2.75) is 13.5 Å². The number of aromatic amines is 1. The third kappa shape index (κ3) is 2.43. The lowest BCUT2D eigenvalue weighted by molar-refractivity contribution is 0.0342. The van der Waals surface area contributed by atoms with Gasteiger partial charge in [-0.05, 0) is 18.6 Å². The molecule has 3 N–H and O–H groups in total. The highest BCUT2D eigenvalue weighted by molar-refractivity contribution is 5.45. The van der Waals surface area contributed by atoms with Gasteiger partial charge in [0.1, 0.15) is 5.69 Å². The minimum Gasteiger partial charge on any atom is -0.394 e. The molecule has 0 aliphatic carbocycles. The van der Waals surface area contributed by atoms with Gasteiger partial charge in [0.05, 0.1) is 13.2 Å². The van der Waals surface area contributed by atoms with E-state index in [-0.39, 0.29) is 5.56 Å². The van der Waals surface area contributed by atoms with Crippen molar-refractivity contribution in [2.75, 3.05) is 32.0 Å². The van der Waals surface area contributed by atoms with Gasteiger partial charge in [-0.1, -0.05) is 0 Å². The third-order valence-corrected chi connectivity index (χ3v) is 2.79. The van der Waals surface area contributed by atoms with E-state index >= 15 is 0 Å². The van der Waals surface area contributed by atoms with Crippen LogP contribution in [0.3, 0.4) is 0 Å². The van der Waals surface area contributed by atoms with E-state index in [2.05, 4.69) is 9.88 Å². The first-order valence-corrected chi connectivity index (χ1v) is 5.45. The second-order valence-electron chi connectivity index (χ2n) is 4.11. The Morgan fingerprint density at radius 1 is 1.50 bits per heavy atom. The number of nitrogens with zero attached hydrogens (tertiary/aromatic N) is 1. The van der Waals surface area contributed by atoms with Gasteiger partial charge in [-0.2, -0.15) is 0 Å². The number of nitrogens with two attached hydrogens (primary N) is 1. The van der Waals surface area contributed by atoms with E-state index in [4.69, 9.17) is 10.5 Å². The molecule has 5 heteroatoms. The van der Waals surface area contributed by atoms with E-state index in [1.54, 1.807) is 0 Å². The molecule has 2 rings (SSSR count). The number of morpholine rings is 1. The highest BCUT2D eigenvalue weighted by Crippen LogP contribution is 2.11. The number of hydrogen-bond donors (Lipinski definition) is 2. The van der Waals surface area contributed by atoms with Crippen LogP contribution in [0.5, 0.6) is 0 Å². The largest absolute Gasteiger partial charge is 0.394 e. The highest BCUT2D eigenvalue weighted by Gasteiger charge is 2.13. The minimum atomic E-state index is -0.191. The molecule has 0 atom stereocenters. The molecule has 1 aliphatic rings. The van der Waals surface area contributed by atoms with Crippen molar-refractivity contribution in [3.63, 3.8) is 0 Å². The second kappa shape index (κ2) is 4.67. The lowest BCUT2D eigenvalue weighted by atomic mass is 10.2. The number of anilines is 1. The molecule has 5 nitrogen and oxygen atoms in total. The molecule has 88 valence electrons. The summed E-state index contributed by atoms with van der Waals surface area (Å²) in [6.07, 6.45) is 0. The smallest absolute Gasteiger partial charge is 0.271 e. The molecule has 1 aromatic rings. The van der Waals surface area contributed by atoms with Crippen LogP contribution in [0.15, 0.2) is 10.9 Å². The molecule has 0 radical (unpaired) electrons. The second-order valence-corrected chi connectivity index (χ2v) is 4.11. The van der Waals surface area contributed by atoms with Gasteiger partial charge in [0.15, 0.2) is 0 Å². The van der Waals surface area contributed by atoms with Crippen LogP contribution in [0.4, 0.5) is 5.69 Å². The van der Waals surface area contributed by atoms with Crippen molar-refractivity contribution < 1.29 is 4.74 Å². The molecule has 1 aromatic heterocycles. The van der Waals surface area contributed by atoms with Crippen LogP contribution in [0, 0.1) is 6.92 Å². The zero-order valence-corrected chi connectivity index (χ0v) is 9.45. The van der Waals surface area contributed by atoms with E-state index in [1.165, 1.54) is 0 Å². The fourth-order valence-corrected chi connectivity index (χ4v) is 1.90. The number of nitrogen functional groups attached to an aromatic ring is 1. The van der Waals surface area contributed by atoms with E-state index < -0.39 is 0 Å². The molecule has 0 unspecified atom stereocenters. The van der Waals surface area contributed by atoms with Crippen molar-refractivity contribution in [1.82, 2.24) is 9.88 Å². The Balaban J connectivity index is 2.16. The Morgan fingerprint density at radius 3 is 2.88 bits per heavy atom. The summed E-state index contributed by atoms with van der Waals surface area (Å²) in [5.41, 5.74) is 7.66. The highest BCUT2D eigenvalue weighted by atomic mass is 16.5. The SMILES string of the molecule is Cc1cc(CN2CCOCC2)c(N)c(=O)[nH]1. The predicted molar refractivity (Wildman–Crippen MR) is 62.3 cm³/mol. The van der Waals surface area contributed by atoms with Crippen LogP contribution in [0.2, 0.25) is 0 Å². The maximum Gasteiger partial charge on any atom is 0.271 e. The van der Waals surface area contributed by atoms with Crippen molar-refractivity contribution >= 4 is 5.69 Å². The summed E-state index contributed by atoms with van der Waals surface area (Å²) in [4.78, 5) is 16.4. The molecule has 0 aromatic carbocycles. The number of ether oxygens (including phenoxy) is 1. The monoisotopic (exact) mass is 223 g/mol. The molecule has 2 heterocycles. The van der Waals surface area contributed by atoms with E-state index in [0.29, 0.717) is 5.69 Å². The molecule has 1 saturated heterocycles. The average Bonchev–Trinajstić information content (AvgIpc) is 2.27. The van der Waals surface area contributed by atoms with Gasteiger partial charge in [0, 0.05) is 25.3 Å². The van der Waals surface area contributed by atoms with Gasteiger partial charge in [0.2, 0.25) is 0 Å². The Kier molecular flexibility index (Phi) is 3.26. The van der Waals surface area contributed by atoms with Crippen LogP contribution < -0.4 is 11.3 Å². The van der Waals surface area contributed by atoms with Crippen molar-refractivity contribution in [2.24, 2.45) is 0 Å². The first-order chi connectivity index (χ1) is 7.66. The first kappa shape index (κ1) is 11.2. The van der Waals surface area contributed by atoms with E-state index in [0.717, 1.165) is 44.1 Å². The summed E-state index contributed by atoms with van der Waals surface area (Å²) < 4.78 is 5.27. The van der Waals surface area contributed by atoms with Gasteiger partial charge in [-0.25, -0.2) is 0 Å². The lowest BCUT2D eigenvalue weighted by Crippen LogP contribution is -2.36. The van der Waals surface area contributed by atoms with Gasteiger partial charge >= 0.3 is 0 Å². The molecule has 0 bridgehead atoms. The number of nitrogens with one attached hydrogen (secondary N) is 1. The number of H-pyrrole nitrogens is 1. The predicted octanol–water partition coefficient (Wildman–Crippen LogP) is 0.0977. The lowest BCUT2D eigenvalue weighted by Gasteiger charge is -2.26. The number of pyridine rings is 1. The maximum atomic E-state index is 11.5. The van der Waals surface area contributed by atoms with Crippen LogP contribution in [0.25, 0.3) is 0 Å². The maximum absolute atomic E-state index is 11.5. The summed E-state index contributed by atoms with van der Waals surface area (Å²) in [5.74, 6) is 0. The Bertz CT molecular complexity index is 422. The number of aryl methyl sites for hydroxylation is 1. The van der Waals surface area contributed by atoms with E-state index in [1.807, 2.05) is 13.0 Å². The zero-order chi connectivity index (χ0) is 11.5. The molecule has 0 spiro atoms. The first-order valence-electron chi connectivity index (χ1n) is 5.45. The zero-order valence-electron chi connectivity index (χ0n) is 9.45. The Morgan fingerprint density at radius 2 is 2.19 bits per heavy atom. The fourth-order valence-electron chi connectivity index (χ4n) is 1.90. The third-order valence-electron chi connectivity index (χ3n) is 2.79. The molecule has 0 saturated carbocycles. The van der Waals surface area contributed by atoms with Crippen LogP contribution in [0.1, 0.15) is 11.3 Å². The molecule has 1 fully saturated rings. The quantitative estimate of drug-likeness (QED) is 0.746. The molecular formula is C11H17N3O2. The summed E-state index contributed by atoms with van der Waals surface area (Å²) >= 11 is 0. The van der Waals surface area contributed by atoms with E-state index in [9.17, 15) is 4.79 Å². The van der Waals surface area contributed by atoms with Crippen LogP contribution in [-0.4, -0.2) is 36.2 Å². The molecule has 16 heavy (non-hydrogen) atoms. The molecular weight excluding hydrogens is 206 g/mol. The standard InChI is InChI=1S/C11H17N3O2/c1-8-6-9(10(12)11(15)13-8)7-14-2-4-16-5-3-14/h6H,2-5,7,12H2,1H3,(H,13,15). The molecule has 0 amide bonds. The number of rotatable bonds is 2. The van der Waals surface area contributed by atoms with Crippen molar-refractivity contribution in [1.29, 1.82) is 0 Å². The van der Waals surface area contributed by atoms with Gasteiger partial charge in [-0.3, -0.25) is 9.69 Å². The van der Waals surface area contributed by atoms with Gasteiger partial charge < -0.3 is 15.5 Å². The summed E-state index contributed by atoms with van der Waals surface area (Å²) in [6.45, 7) is 5.88. The Labute approximate surface area is 94.2 Å². The van der Waals surface area contributed by atoms with Crippen molar-refractivity contribution in [3.05, 3.63) is 27.7 Å². The summed E-state index contributed by atoms with van der Waals surface area (Å²) in [5, 5.41) is 0. The fraction of sp³-hybridized carbons (Fsp3) is 0.545. The minimum absolute atomic E-state index is 0.191. The Hall–Kier alpha value is -1.33. The van der Waals surface area contributed by atoms with Gasteiger partial charge in [-0.15, -0.1) is 0 Å². The summed E-state index contributed by atoms with van der Waals surface area (Å²) in [6, 6.07) is 1.94. The summed E-state index contributed by atoms with van der Waals surface area (Å²) in [7, 11) is 0. The van der Waals surface area contributed by atoms with Crippen LogP contribution in [-0.2, 0) is 11.3 Å². The average molecular weight is 223 g/mol. The topological polar surface area (TPSA) is 71.3 Å². The van der Waals surface area contributed by atoms with Crippen molar-refractivity contribution in [3.8, 4) is 0 Å².